The highest BCUT2D eigenvalue weighted by molar-refractivity contribution is 8.13. The lowest BCUT2D eigenvalue weighted by molar-refractivity contribution is -0.137. The smallest absolute Gasteiger partial charge is 0.386 e. The molecule has 3 rings (SSSR count). The standard InChI is InChI=1S/C30H48N7O17P3S/c1-4-5-6-7-8-9-10-21(39)58-14-13-32-20(38)11-12-33-28(42)25(41)30(2,3)16-51-57(48,49)54-56(46,47)50-15-19-24(53-55(43,44)45)23(40)29(52-19)37-18-36-22-26(31)34-17-35-27(22)37/h5-6,8-9,17-19,23-25,29,40-41H,4,7,10-16H2,1-3H3,(H,32,38)(H,33,42)(H,46,47)(H,48,49)(H2,31,34,35)(H2,43,44,45)/b6-5+,9-8+. The largest absolute Gasteiger partial charge is 0.481 e. The van der Waals surface area contributed by atoms with Crippen molar-refractivity contribution < 1.29 is 80.5 Å². The SMILES string of the molecule is CC/C=C/C/C=C/CC(=O)SCCNC(=O)CCNC(=O)C(O)C(C)(C)COP(=O)(O)OP(=O)(O)OCC1OC(n2cnc3c(N)ncnc32)C(O)C1OP(=O)(O)O. The third-order valence-electron chi connectivity index (χ3n) is 7.89. The van der Waals surface area contributed by atoms with Crippen molar-refractivity contribution in [1.82, 2.24) is 30.2 Å². The third-order valence-corrected chi connectivity index (χ3v) is 11.9. The van der Waals surface area contributed by atoms with Crippen molar-refractivity contribution in [2.75, 3.05) is 37.8 Å². The zero-order chi connectivity index (χ0) is 43.3. The molecule has 7 atom stereocenters. The van der Waals surface area contributed by atoms with Crippen LogP contribution in [0.1, 0.15) is 52.7 Å². The second kappa shape index (κ2) is 22.0. The first-order chi connectivity index (χ1) is 27.1. The van der Waals surface area contributed by atoms with Crippen LogP contribution in [-0.2, 0) is 50.7 Å². The molecule has 7 unspecified atom stereocenters. The fourth-order valence-electron chi connectivity index (χ4n) is 4.97. The second-order valence-corrected chi connectivity index (χ2v) is 18.5. The van der Waals surface area contributed by atoms with Crippen LogP contribution in [0.15, 0.2) is 37.0 Å². The van der Waals surface area contributed by atoms with Gasteiger partial charge in [0.15, 0.2) is 22.8 Å². The normalized spacial score (nSPS) is 21.6. The maximum Gasteiger partial charge on any atom is 0.481 e. The van der Waals surface area contributed by atoms with Crippen LogP contribution in [0.4, 0.5) is 5.82 Å². The molecule has 28 heteroatoms. The number of fused-ring (bicyclic) bond motifs is 1. The molecule has 2 aromatic rings. The first kappa shape index (κ1) is 49.4. The van der Waals surface area contributed by atoms with E-state index in [1.54, 1.807) is 6.08 Å². The Morgan fingerprint density at radius 3 is 2.41 bits per heavy atom. The van der Waals surface area contributed by atoms with E-state index < -0.39 is 84.6 Å². The predicted molar refractivity (Wildman–Crippen MR) is 205 cm³/mol. The number of nitrogens with one attached hydrogen (secondary N) is 2. The number of hydrogen-bond acceptors (Lipinski definition) is 18. The number of nitrogens with zero attached hydrogens (tertiary/aromatic N) is 4. The van der Waals surface area contributed by atoms with E-state index in [-0.39, 0.29) is 48.0 Å². The Morgan fingerprint density at radius 1 is 1.03 bits per heavy atom. The molecule has 0 aromatic carbocycles. The van der Waals surface area contributed by atoms with Crippen molar-refractivity contribution in [2.45, 2.75) is 77.1 Å². The third kappa shape index (κ3) is 15.9. The molecular weight excluding hydrogens is 855 g/mol. The number of imidazole rings is 1. The van der Waals surface area contributed by atoms with Crippen molar-refractivity contribution >= 4 is 69.1 Å². The lowest BCUT2D eigenvalue weighted by atomic mass is 9.87. The van der Waals surface area contributed by atoms with Crippen molar-refractivity contribution in [2.24, 2.45) is 5.41 Å². The summed E-state index contributed by atoms with van der Waals surface area (Å²) in [5.41, 5.74) is 4.26. The molecule has 0 aliphatic carbocycles. The molecule has 10 N–H and O–H groups in total. The molecule has 24 nitrogen and oxygen atoms in total. The lowest BCUT2D eigenvalue weighted by Crippen LogP contribution is -2.46. The number of rotatable bonds is 24. The topological polar surface area (TPSA) is 364 Å². The Labute approximate surface area is 336 Å². The van der Waals surface area contributed by atoms with Crippen LogP contribution in [0.25, 0.3) is 11.2 Å². The van der Waals surface area contributed by atoms with Gasteiger partial charge in [0.25, 0.3) is 0 Å². The number of aliphatic hydroxyl groups is 2. The molecule has 58 heavy (non-hydrogen) atoms. The molecule has 0 spiro atoms. The lowest BCUT2D eigenvalue weighted by Gasteiger charge is -2.30. The number of nitrogens with two attached hydrogens (primary N) is 1. The zero-order valence-electron chi connectivity index (χ0n) is 31.5. The summed E-state index contributed by atoms with van der Waals surface area (Å²) in [7, 11) is -16.4. The first-order valence-electron chi connectivity index (χ1n) is 17.4. The molecule has 0 radical (unpaired) electrons. The highest BCUT2D eigenvalue weighted by Gasteiger charge is 2.50. The number of aliphatic hydroxyl groups excluding tert-OH is 2. The minimum atomic E-state index is -5.57. The Balaban J connectivity index is 1.45. The highest BCUT2D eigenvalue weighted by atomic mass is 32.2. The van der Waals surface area contributed by atoms with Crippen molar-refractivity contribution in [1.29, 1.82) is 0 Å². The highest BCUT2D eigenvalue weighted by Crippen LogP contribution is 2.61. The zero-order valence-corrected chi connectivity index (χ0v) is 35.0. The van der Waals surface area contributed by atoms with Crippen LogP contribution < -0.4 is 16.4 Å². The fraction of sp³-hybridized carbons (Fsp3) is 0.600. The molecule has 3 heterocycles. The summed E-state index contributed by atoms with van der Waals surface area (Å²) in [6, 6.07) is 0. The van der Waals surface area contributed by atoms with Crippen LogP contribution in [0.3, 0.4) is 0 Å². The summed E-state index contributed by atoms with van der Waals surface area (Å²) in [6.45, 7) is 2.52. The average molecular weight is 904 g/mol. The molecule has 326 valence electrons. The van der Waals surface area contributed by atoms with Gasteiger partial charge in [0.1, 0.15) is 36.3 Å². The van der Waals surface area contributed by atoms with Gasteiger partial charge in [-0.3, -0.25) is 32.5 Å². The number of aromatic nitrogens is 4. The average Bonchev–Trinajstić information content (AvgIpc) is 3.69. The van der Waals surface area contributed by atoms with Gasteiger partial charge in [-0.1, -0.05) is 56.8 Å². The number of thioether (sulfide) groups is 1. The maximum atomic E-state index is 12.7. The minimum absolute atomic E-state index is 0.0301. The van der Waals surface area contributed by atoms with Gasteiger partial charge in [-0.2, -0.15) is 4.31 Å². The van der Waals surface area contributed by atoms with E-state index in [4.69, 9.17) is 19.5 Å². The van der Waals surface area contributed by atoms with E-state index >= 15 is 0 Å². The molecule has 1 saturated heterocycles. The number of nitrogen functional groups attached to an aromatic ring is 1. The van der Waals surface area contributed by atoms with E-state index in [1.807, 2.05) is 25.2 Å². The molecule has 2 aromatic heterocycles. The van der Waals surface area contributed by atoms with E-state index in [0.717, 1.165) is 41.8 Å². The van der Waals surface area contributed by atoms with Gasteiger partial charge in [-0.25, -0.2) is 28.6 Å². The molecule has 0 saturated carbocycles. The number of hydrogen-bond donors (Lipinski definition) is 9. The van der Waals surface area contributed by atoms with Crippen LogP contribution in [0.2, 0.25) is 0 Å². The number of anilines is 1. The summed E-state index contributed by atoms with van der Waals surface area (Å²) in [5, 5.41) is 26.3. The monoisotopic (exact) mass is 903 g/mol. The van der Waals surface area contributed by atoms with Crippen LogP contribution in [0.5, 0.6) is 0 Å². The molecular formula is C30H48N7O17P3S. The van der Waals surface area contributed by atoms with Crippen molar-refractivity contribution in [3.63, 3.8) is 0 Å². The van der Waals surface area contributed by atoms with Gasteiger partial charge in [0.05, 0.1) is 19.5 Å². The maximum absolute atomic E-state index is 12.7. The van der Waals surface area contributed by atoms with Gasteiger partial charge >= 0.3 is 23.5 Å². The number of phosphoric acid groups is 3. The summed E-state index contributed by atoms with van der Waals surface area (Å²) in [4.78, 5) is 87.6. The molecule has 1 fully saturated rings. The van der Waals surface area contributed by atoms with E-state index in [2.05, 4.69) is 34.4 Å². The van der Waals surface area contributed by atoms with Gasteiger partial charge < -0.3 is 50.9 Å². The Morgan fingerprint density at radius 2 is 1.72 bits per heavy atom. The first-order valence-corrected chi connectivity index (χ1v) is 22.9. The second-order valence-electron chi connectivity index (χ2n) is 13.1. The van der Waals surface area contributed by atoms with E-state index in [1.165, 1.54) is 13.8 Å². The van der Waals surface area contributed by atoms with Crippen LogP contribution in [-0.4, -0.2) is 123 Å². The summed E-state index contributed by atoms with van der Waals surface area (Å²) in [6.07, 6.45) is 2.73. The van der Waals surface area contributed by atoms with Gasteiger partial charge in [0.2, 0.25) is 11.8 Å². The van der Waals surface area contributed by atoms with Gasteiger partial charge in [-0.05, 0) is 12.8 Å². The van der Waals surface area contributed by atoms with Crippen molar-refractivity contribution in [3.8, 4) is 0 Å². The fourth-order valence-corrected chi connectivity index (χ4v) is 8.45. The number of carbonyl (C=O) groups excluding carboxylic acids is 3. The number of carbonyl (C=O) groups is 3. The van der Waals surface area contributed by atoms with Crippen LogP contribution >= 0.6 is 35.2 Å². The molecule has 2 amide bonds. The number of amides is 2. The Kier molecular flexibility index (Phi) is 18.8. The van der Waals surface area contributed by atoms with Crippen LogP contribution in [0, 0.1) is 5.41 Å². The Bertz CT molecular complexity index is 1930. The number of phosphoric ester groups is 3. The van der Waals surface area contributed by atoms with Crippen molar-refractivity contribution in [3.05, 3.63) is 37.0 Å². The molecule has 0 bridgehead atoms. The number of ether oxygens (including phenoxy) is 1. The van der Waals surface area contributed by atoms with E-state index in [0.29, 0.717) is 5.75 Å². The summed E-state index contributed by atoms with van der Waals surface area (Å²) >= 11 is 1.07. The quantitative estimate of drug-likeness (QED) is 0.0402. The van der Waals surface area contributed by atoms with Gasteiger partial charge in [-0.15, -0.1) is 0 Å². The Hall–Kier alpha value is -2.96. The predicted octanol–water partition coefficient (Wildman–Crippen LogP) is 0.967. The summed E-state index contributed by atoms with van der Waals surface area (Å²) in [5.74, 6) is -1.11. The molecule has 1 aliphatic heterocycles. The number of allylic oxidation sites excluding steroid dienone is 4. The van der Waals surface area contributed by atoms with E-state index in [9.17, 15) is 57.9 Å². The van der Waals surface area contributed by atoms with Gasteiger partial charge in [0, 0.05) is 37.1 Å². The molecule has 1 aliphatic rings. The minimum Gasteiger partial charge on any atom is -0.386 e. The summed E-state index contributed by atoms with van der Waals surface area (Å²) < 4.78 is 62.1.